The molecule has 5 rings (SSSR count). The van der Waals surface area contributed by atoms with Gasteiger partial charge in [0.05, 0.1) is 42.2 Å². The molecule has 1 aliphatic carbocycles. The number of hydrogen-bond acceptors (Lipinski definition) is 5. The van der Waals surface area contributed by atoms with E-state index in [9.17, 15) is 19.2 Å². The lowest BCUT2D eigenvalue weighted by molar-refractivity contribution is -0.148. The maximum absolute atomic E-state index is 12.9. The number of ether oxygens (including phenoxy) is 1. The molecular formula is C18H16N2O5. The zero-order valence-corrected chi connectivity index (χ0v) is 13.7. The van der Waals surface area contributed by atoms with Crippen LogP contribution in [0.4, 0.5) is 5.69 Å². The fourth-order valence-corrected chi connectivity index (χ4v) is 4.03. The number of benzene rings is 1. The van der Waals surface area contributed by atoms with E-state index in [4.69, 9.17) is 0 Å². The average Bonchev–Trinajstić information content (AvgIpc) is 2.90. The molecule has 2 saturated heterocycles. The number of piperidine rings is 1. The maximum atomic E-state index is 12.9. The molecule has 4 atom stereocenters. The van der Waals surface area contributed by atoms with E-state index in [0.717, 1.165) is 4.90 Å². The highest BCUT2D eigenvalue weighted by Crippen LogP contribution is 2.46. The van der Waals surface area contributed by atoms with E-state index in [-0.39, 0.29) is 17.7 Å². The first-order chi connectivity index (χ1) is 12.0. The van der Waals surface area contributed by atoms with E-state index in [1.165, 1.54) is 19.2 Å². The number of methoxy groups -OCH3 is 1. The summed E-state index contributed by atoms with van der Waals surface area (Å²) in [5.74, 6) is -3.07. The molecule has 3 heterocycles. The first-order valence-electron chi connectivity index (χ1n) is 7.97. The molecule has 1 aromatic rings. The molecule has 3 amide bonds. The summed E-state index contributed by atoms with van der Waals surface area (Å²) < 4.78 is 4.64. The number of fused-ring (bicyclic) bond motifs is 1. The summed E-state index contributed by atoms with van der Waals surface area (Å²) in [5, 5.41) is 0. The molecule has 2 fully saturated rings. The molecule has 0 N–H and O–H groups in total. The van der Waals surface area contributed by atoms with Crippen molar-refractivity contribution < 1.29 is 23.9 Å². The van der Waals surface area contributed by atoms with Crippen LogP contribution in [0.3, 0.4) is 0 Å². The number of hydrogen-bond donors (Lipinski definition) is 0. The van der Waals surface area contributed by atoms with Gasteiger partial charge >= 0.3 is 5.97 Å². The van der Waals surface area contributed by atoms with Crippen LogP contribution in [0, 0.1) is 17.8 Å². The normalized spacial score (nSPS) is 30.1. The zero-order valence-electron chi connectivity index (χ0n) is 13.7. The predicted molar refractivity (Wildman–Crippen MR) is 86.4 cm³/mol. The van der Waals surface area contributed by atoms with Gasteiger partial charge in [-0.15, -0.1) is 0 Å². The Balaban J connectivity index is 1.70. The van der Waals surface area contributed by atoms with Crippen molar-refractivity contribution in [1.82, 2.24) is 4.90 Å². The van der Waals surface area contributed by atoms with Crippen LogP contribution in [0.1, 0.15) is 10.4 Å². The topological polar surface area (TPSA) is 84.0 Å². The Bertz CT molecular complexity index is 828. The highest BCUT2D eigenvalue weighted by atomic mass is 16.5. The molecule has 0 saturated carbocycles. The van der Waals surface area contributed by atoms with Crippen LogP contribution < -0.4 is 4.90 Å². The van der Waals surface area contributed by atoms with E-state index in [2.05, 4.69) is 4.74 Å². The van der Waals surface area contributed by atoms with Gasteiger partial charge in [0.25, 0.3) is 0 Å². The average molecular weight is 340 g/mol. The van der Waals surface area contributed by atoms with Crippen molar-refractivity contribution in [2.45, 2.75) is 6.04 Å². The lowest BCUT2D eigenvalue weighted by Gasteiger charge is -2.44. The van der Waals surface area contributed by atoms with Crippen LogP contribution >= 0.6 is 0 Å². The van der Waals surface area contributed by atoms with Crippen LogP contribution in [0.15, 0.2) is 36.4 Å². The van der Waals surface area contributed by atoms with Gasteiger partial charge in [-0.1, -0.05) is 12.2 Å². The molecule has 7 nitrogen and oxygen atoms in total. The van der Waals surface area contributed by atoms with Gasteiger partial charge in [0.15, 0.2) is 0 Å². The van der Waals surface area contributed by atoms with Gasteiger partial charge < -0.3 is 9.64 Å². The Kier molecular flexibility index (Phi) is 3.28. The van der Waals surface area contributed by atoms with Crippen molar-refractivity contribution in [3.8, 4) is 0 Å². The van der Waals surface area contributed by atoms with Crippen molar-refractivity contribution >= 4 is 29.4 Å². The summed E-state index contributed by atoms with van der Waals surface area (Å²) in [5.41, 5.74) is 0.728. The first kappa shape index (κ1) is 15.6. The number of likely N-dealkylation sites (N-methyl/N-ethyl adjacent to an activating group) is 1. The lowest BCUT2D eigenvalue weighted by atomic mass is 9.70. The Morgan fingerprint density at radius 1 is 0.960 bits per heavy atom. The fraction of sp³-hybridized carbons (Fsp3) is 0.333. The van der Waals surface area contributed by atoms with Gasteiger partial charge in [-0.3, -0.25) is 14.4 Å². The van der Waals surface area contributed by atoms with E-state index >= 15 is 0 Å². The minimum Gasteiger partial charge on any atom is -0.465 e. The number of imide groups is 1. The van der Waals surface area contributed by atoms with Crippen molar-refractivity contribution in [3.05, 3.63) is 42.0 Å². The van der Waals surface area contributed by atoms with Crippen LogP contribution in [0.2, 0.25) is 0 Å². The highest BCUT2D eigenvalue weighted by molar-refractivity contribution is 6.24. The molecule has 128 valence electrons. The Hall–Kier alpha value is -2.96. The molecule has 4 aliphatic rings. The fourth-order valence-electron chi connectivity index (χ4n) is 4.03. The second-order valence-corrected chi connectivity index (χ2v) is 6.45. The van der Waals surface area contributed by atoms with Crippen LogP contribution in [-0.4, -0.2) is 48.8 Å². The number of carbonyl (C=O) groups excluding carboxylic acids is 4. The van der Waals surface area contributed by atoms with Gasteiger partial charge in [-0.2, -0.15) is 0 Å². The monoisotopic (exact) mass is 340 g/mol. The lowest BCUT2D eigenvalue weighted by Crippen LogP contribution is -2.57. The summed E-state index contributed by atoms with van der Waals surface area (Å²) in [6.45, 7) is 0. The van der Waals surface area contributed by atoms with Crippen molar-refractivity contribution in [2.75, 3.05) is 19.1 Å². The quantitative estimate of drug-likeness (QED) is 0.447. The van der Waals surface area contributed by atoms with E-state index in [0.29, 0.717) is 11.3 Å². The van der Waals surface area contributed by atoms with Gasteiger partial charge in [-0.25, -0.2) is 9.69 Å². The summed E-state index contributed by atoms with van der Waals surface area (Å²) in [7, 11) is 2.94. The SMILES string of the molecule is COC(=O)c1ccc(N2C(=O)C3C4C=CC(C3C2=O)N(C)C4=O)cc1. The van der Waals surface area contributed by atoms with Gasteiger partial charge in [0.2, 0.25) is 17.7 Å². The standard InChI is InChI=1S/C18H16N2O5/c1-19-12-8-7-11(15(19)21)13-14(12)17(23)20(16(13)22)10-5-3-9(4-6-10)18(24)25-2/h3-8,11-14H,1-2H3. The summed E-state index contributed by atoms with van der Waals surface area (Å²) in [6.07, 6.45) is 3.57. The van der Waals surface area contributed by atoms with Crippen LogP contribution in [0.5, 0.6) is 0 Å². The molecule has 25 heavy (non-hydrogen) atoms. The number of anilines is 1. The van der Waals surface area contributed by atoms with Gasteiger partial charge in [0.1, 0.15) is 0 Å². The summed E-state index contributed by atoms with van der Waals surface area (Å²) >= 11 is 0. The zero-order chi connectivity index (χ0) is 17.9. The molecule has 0 aromatic heterocycles. The second-order valence-electron chi connectivity index (χ2n) is 6.45. The number of nitrogens with zero attached hydrogens (tertiary/aromatic N) is 2. The molecule has 1 aromatic carbocycles. The van der Waals surface area contributed by atoms with Crippen molar-refractivity contribution in [2.24, 2.45) is 17.8 Å². The number of carbonyl (C=O) groups is 4. The smallest absolute Gasteiger partial charge is 0.337 e. The molecule has 0 spiro atoms. The van der Waals surface area contributed by atoms with E-state index < -0.39 is 29.8 Å². The molecule has 2 bridgehead atoms. The van der Waals surface area contributed by atoms with E-state index in [1.54, 1.807) is 30.2 Å². The number of rotatable bonds is 2. The number of amides is 3. The Labute approximate surface area is 143 Å². The maximum Gasteiger partial charge on any atom is 0.337 e. The summed E-state index contributed by atoms with van der Waals surface area (Å²) in [4.78, 5) is 52.3. The third kappa shape index (κ3) is 1.98. The number of esters is 1. The van der Waals surface area contributed by atoms with Gasteiger partial charge in [-0.05, 0) is 24.3 Å². The van der Waals surface area contributed by atoms with Crippen LogP contribution in [-0.2, 0) is 19.1 Å². The molecule has 3 aliphatic heterocycles. The molecular weight excluding hydrogens is 324 g/mol. The third-order valence-electron chi connectivity index (χ3n) is 5.30. The minimum absolute atomic E-state index is 0.127. The van der Waals surface area contributed by atoms with Crippen molar-refractivity contribution in [1.29, 1.82) is 0 Å². The third-order valence-corrected chi connectivity index (χ3v) is 5.30. The first-order valence-corrected chi connectivity index (χ1v) is 7.97. The van der Waals surface area contributed by atoms with Gasteiger partial charge in [0, 0.05) is 7.05 Å². The Morgan fingerprint density at radius 3 is 2.24 bits per heavy atom. The van der Waals surface area contributed by atoms with E-state index in [1.807, 2.05) is 6.08 Å². The summed E-state index contributed by atoms with van der Waals surface area (Å²) in [6, 6.07) is 5.71. The van der Waals surface area contributed by atoms with Crippen LogP contribution in [0.25, 0.3) is 0 Å². The minimum atomic E-state index is -0.647. The van der Waals surface area contributed by atoms with Crippen molar-refractivity contribution in [3.63, 3.8) is 0 Å². The molecule has 4 unspecified atom stereocenters. The Morgan fingerprint density at radius 2 is 1.60 bits per heavy atom. The molecule has 0 radical (unpaired) electrons. The largest absolute Gasteiger partial charge is 0.465 e. The molecule has 7 heteroatoms. The predicted octanol–water partition coefficient (Wildman–Crippen LogP) is 0.605. The highest BCUT2D eigenvalue weighted by Gasteiger charge is 2.61. The second kappa shape index (κ2) is 5.27.